The predicted molar refractivity (Wildman–Crippen MR) is 139 cm³/mol. The van der Waals surface area contributed by atoms with Crippen LogP contribution in [0.2, 0.25) is 0 Å². The highest BCUT2D eigenvalue weighted by Crippen LogP contribution is 2.29. The molecule has 4 rings (SSSR count). The molecule has 2 aromatic carbocycles. The van der Waals surface area contributed by atoms with Crippen LogP contribution in [0.5, 0.6) is 23.0 Å². The summed E-state index contributed by atoms with van der Waals surface area (Å²) in [5, 5.41) is 6.52. The zero-order valence-electron chi connectivity index (χ0n) is 19.2. The Hall–Kier alpha value is -3.10. The number of nitrogens with zero attached hydrogens (tertiary/aromatic N) is 2. The summed E-state index contributed by atoms with van der Waals surface area (Å²) in [5.74, 6) is 4.50. The molecule has 8 nitrogen and oxygen atoms in total. The van der Waals surface area contributed by atoms with E-state index in [-0.39, 0.29) is 24.8 Å². The van der Waals surface area contributed by atoms with Crippen LogP contribution in [0, 0.1) is 0 Å². The minimum atomic E-state index is 0. The molecule has 34 heavy (non-hydrogen) atoms. The highest BCUT2D eigenvalue weighted by molar-refractivity contribution is 6.00. The second-order valence-corrected chi connectivity index (χ2v) is 7.14. The van der Waals surface area contributed by atoms with E-state index < -0.39 is 0 Å². The van der Waals surface area contributed by atoms with E-state index in [2.05, 4.69) is 20.6 Å². The molecule has 2 N–H and O–H groups in total. The molecule has 0 saturated heterocycles. The Balaban J connectivity index is 0.00000204. The lowest BCUT2D eigenvalue weighted by molar-refractivity contribution is 0.318. The molecule has 0 bridgehead atoms. The van der Waals surface area contributed by atoms with Gasteiger partial charge in [-0.3, -0.25) is 9.98 Å². The lowest BCUT2D eigenvalue weighted by atomic mass is 10.2. The van der Waals surface area contributed by atoms with Crippen molar-refractivity contribution in [3.05, 3.63) is 59.7 Å². The third-order valence-corrected chi connectivity index (χ3v) is 5.06. The van der Waals surface area contributed by atoms with Crippen molar-refractivity contribution in [1.82, 2.24) is 10.6 Å². The monoisotopic (exact) mass is 508 g/mol. The van der Waals surface area contributed by atoms with Crippen molar-refractivity contribution < 1.29 is 18.9 Å². The number of amidine groups is 2. The van der Waals surface area contributed by atoms with Crippen molar-refractivity contribution in [2.24, 2.45) is 9.98 Å². The first-order chi connectivity index (χ1) is 15.8. The molecule has 0 atom stereocenters. The van der Waals surface area contributed by atoms with Crippen LogP contribution >= 0.6 is 24.8 Å². The highest BCUT2D eigenvalue weighted by Gasteiger charge is 2.13. The molecule has 0 aliphatic carbocycles. The van der Waals surface area contributed by atoms with Crippen molar-refractivity contribution in [3.8, 4) is 23.0 Å². The molecule has 2 heterocycles. The fourth-order valence-corrected chi connectivity index (χ4v) is 3.46. The Labute approximate surface area is 212 Å². The third kappa shape index (κ3) is 6.71. The number of halogens is 2. The molecule has 0 radical (unpaired) electrons. The summed E-state index contributed by atoms with van der Waals surface area (Å²) in [4.78, 5) is 8.87. The van der Waals surface area contributed by atoms with Gasteiger partial charge in [-0.05, 0) is 48.6 Å². The van der Waals surface area contributed by atoms with Gasteiger partial charge in [0.1, 0.15) is 24.9 Å². The number of aliphatic imine (C=N–C) groups is 2. The Morgan fingerprint density at radius 3 is 1.50 bits per heavy atom. The van der Waals surface area contributed by atoms with E-state index in [0.717, 1.165) is 49.0 Å². The van der Waals surface area contributed by atoms with Gasteiger partial charge in [0.05, 0.1) is 27.3 Å². The molecular formula is C24H30Cl2N4O4. The molecule has 10 heteroatoms. The van der Waals surface area contributed by atoms with E-state index in [4.69, 9.17) is 18.9 Å². The van der Waals surface area contributed by atoms with Crippen LogP contribution in [0.25, 0.3) is 0 Å². The molecule has 0 aromatic heterocycles. The molecular weight excluding hydrogens is 479 g/mol. The largest absolute Gasteiger partial charge is 0.493 e. The van der Waals surface area contributed by atoms with Crippen LogP contribution in [-0.4, -0.2) is 65.3 Å². The number of rotatable bonds is 10. The van der Waals surface area contributed by atoms with Crippen LogP contribution in [0.15, 0.2) is 58.5 Å². The Morgan fingerprint density at radius 2 is 1.15 bits per heavy atom. The summed E-state index contributed by atoms with van der Waals surface area (Å²) in [6, 6.07) is 11.6. The van der Waals surface area contributed by atoms with Gasteiger partial charge in [0.15, 0.2) is 23.0 Å². The summed E-state index contributed by atoms with van der Waals surface area (Å²) < 4.78 is 22.6. The molecule has 0 amide bonds. The molecule has 2 aliphatic rings. The highest BCUT2D eigenvalue weighted by atomic mass is 35.5. The molecule has 0 fully saturated rings. The average molecular weight is 509 g/mol. The number of hydrogen-bond acceptors (Lipinski definition) is 8. The molecule has 2 aliphatic heterocycles. The van der Waals surface area contributed by atoms with Gasteiger partial charge in [0.25, 0.3) is 0 Å². The van der Waals surface area contributed by atoms with Gasteiger partial charge >= 0.3 is 0 Å². The minimum absolute atomic E-state index is 0. The smallest absolute Gasteiger partial charge is 0.161 e. The van der Waals surface area contributed by atoms with Crippen LogP contribution in [0.3, 0.4) is 0 Å². The van der Waals surface area contributed by atoms with E-state index in [1.54, 1.807) is 14.2 Å². The average Bonchev–Trinajstić information content (AvgIpc) is 3.56. The van der Waals surface area contributed by atoms with Gasteiger partial charge < -0.3 is 29.6 Å². The molecule has 184 valence electrons. The van der Waals surface area contributed by atoms with Crippen LogP contribution in [-0.2, 0) is 0 Å². The first kappa shape index (κ1) is 27.1. The first-order valence-electron chi connectivity index (χ1n) is 10.6. The predicted octanol–water partition coefficient (Wildman–Crippen LogP) is 3.26. The van der Waals surface area contributed by atoms with Crippen LogP contribution in [0.4, 0.5) is 0 Å². The van der Waals surface area contributed by atoms with Gasteiger partial charge in [0.2, 0.25) is 0 Å². The number of ether oxygens (including phenoxy) is 4. The van der Waals surface area contributed by atoms with Gasteiger partial charge in [-0.25, -0.2) is 0 Å². The number of hydrogen-bond donors (Lipinski definition) is 2. The van der Waals surface area contributed by atoms with E-state index in [0.29, 0.717) is 36.2 Å². The topological polar surface area (TPSA) is 85.7 Å². The van der Waals surface area contributed by atoms with Crippen molar-refractivity contribution >= 4 is 36.5 Å². The second kappa shape index (κ2) is 13.6. The Bertz CT molecular complexity index is 962. The number of methoxy groups -OCH3 is 2. The van der Waals surface area contributed by atoms with Gasteiger partial charge in [-0.2, -0.15) is 0 Å². The SMILES string of the molecule is COc1cc(C2=NCCN2)ccc1OC/C=C/COc1ccc(C2=NCCN2)cc1OC.Cl.Cl. The molecule has 0 spiro atoms. The van der Waals surface area contributed by atoms with Crippen molar-refractivity contribution in [1.29, 1.82) is 0 Å². The summed E-state index contributed by atoms with van der Waals surface area (Å²) >= 11 is 0. The maximum atomic E-state index is 5.84. The maximum Gasteiger partial charge on any atom is 0.161 e. The summed E-state index contributed by atoms with van der Waals surface area (Å²) in [5.41, 5.74) is 1.98. The van der Waals surface area contributed by atoms with Gasteiger partial charge in [-0.1, -0.05) is 0 Å². The zero-order valence-corrected chi connectivity index (χ0v) is 20.8. The van der Waals surface area contributed by atoms with Crippen molar-refractivity contribution in [2.45, 2.75) is 0 Å². The van der Waals surface area contributed by atoms with Gasteiger partial charge in [-0.15, -0.1) is 24.8 Å². The van der Waals surface area contributed by atoms with Crippen LogP contribution < -0.4 is 29.6 Å². The van der Waals surface area contributed by atoms with E-state index in [1.165, 1.54) is 0 Å². The van der Waals surface area contributed by atoms with E-state index in [1.807, 2.05) is 48.6 Å². The second-order valence-electron chi connectivity index (χ2n) is 7.14. The fraction of sp³-hybridized carbons (Fsp3) is 0.333. The normalized spacial score (nSPS) is 14.2. The summed E-state index contributed by atoms with van der Waals surface area (Å²) in [7, 11) is 3.27. The molecule has 0 saturated carbocycles. The number of nitrogens with one attached hydrogen (secondary N) is 2. The Morgan fingerprint density at radius 1 is 0.706 bits per heavy atom. The molecule has 2 aromatic rings. The van der Waals surface area contributed by atoms with Crippen LogP contribution in [0.1, 0.15) is 11.1 Å². The zero-order chi connectivity index (χ0) is 22.2. The third-order valence-electron chi connectivity index (χ3n) is 5.06. The van der Waals surface area contributed by atoms with Crippen molar-refractivity contribution in [2.75, 3.05) is 53.6 Å². The standard InChI is InChI=1S/C24H28N4O4.2ClH/c1-29-21-15-17(23-25-9-10-26-23)5-7-19(21)31-13-3-4-14-32-20-8-6-18(16-22(20)30-2)24-27-11-12-28-24;;/h3-8,15-16H,9-14H2,1-2H3,(H,25,26)(H,27,28);2*1H/b4-3+;;. The first-order valence-corrected chi connectivity index (χ1v) is 10.6. The van der Waals surface area contributed by atoms with E-state index >= 15 is 0 Å². The van der Waals surface area contributed by atoms with E-state index in [9.17, 15) is 0 Å². The molecule has 0 unspecified atom stereocenters. The lowest BCUT2D eigenvalue weighted by Crippen LogP contribution is -2.19. The van der Waals surface area contributed by atoms with Crippen molar-refractivity contribution in [3.63, 3.8) is 0 Å². The summed E-state index contributed by atoms with van der Waals surface area (Å²) in [6.45, 7) is 4.13. The maximum absolute atomic E-state index is 5.84. The number of benzene rings is 2. The minimum Gasteiger partial charge on any atom is -0.493 e. The van der Waals surface area contributed by atoms with Gasteiger partial charge in [0, 0.05) is 24.2 Å². The quantitative estimate of drug-likeness (QED) is 0.479. The Kier molecular flexibility index (Phi) is 10.8. The summed E-state index contributed by atoms with van der Waals surface area (Å²) in [6.07, 6.45) is 3.82. The fourth-order valence-electron chi connectivity index (χ4n) is 3.46. The lowest BCUT2D eigenvalue weighted by Gasteiger charge is -2.12.